The molecule has 3 aromatic rings. The minimum Gasteiger partial charge on any atom is -0.349 e. The van der Waals surface area contributed by atoms with Crippen molar-refractivity contribution in [3.63, 3.8) is 0 Å². The Morgan fingerprint density at radius 1 is 0.939 bits per heavy atom. The fraction of sp³-hybridized carbons (Fsp3) is 0.174. The van der Waals surface area contributed by atoms with Crippen molar-refractivity contribution < 1.29 is 18.0 Å². The number of hydrogen-bond donors (Lipinski definition) is 3. The van der Waals surface area contributed by atoms with Crippen molar-refractivity contribution in [1.29, 1.82) is 0 Å². The highest BCUT2D eigenvalue weighted by Gasteiger charge is 2.23. The lowest BCUT2D eigenvalue weighted by Crippen LogP contribution is -2.25. The summed E-state index contributed by atoms with van der Waals surface area (Å²) in [7, 11) is -3.77. The molecule has 0 spiro atoms. The van der Waals surface area contributed by atoms with Crippen LogP contribution in [0.15, 0.2) is 81.7 Å². The number of amides is 2. The van der Waals surface area contributed by atoms with E-state index in [4.69, 9.17) is 0 Å². The highest BCUT2D eigenvalue weighted by molar-refractivity contribution is 7.99. The van der Waals surface area contributed by atoms with Crippen molar-refractivity contribution in [2.45, 2.75) is 40.6 Å². The number of hydrogen-bond acceptors (Lipinski definition) is 6. The fourth-order valence-corrected chi connectivity index (χ4v) is 4.73. The molecule has 0 bridgehead atoms. The van der Waals surface area contributed by atoms with Gasteiger partial charge < -0.3 is 10.6 Å². The van der Waals surface area contributed by atoms with E-state index in [0.29, 0.717) is 23.0 Å². The normalized spacial score (nSPS) is 13.2. The quantitative estimate of drug-likeness (QED) is 0.449. The molecule has 3 N–H and O–H groups in total. The number of anilines is 2. The molecule has 33 heavy (non-hydrogen) atoms. The van der Waals surface area contributed by atoms with Gasteiger partial charge in [-0.3, -0.25) is 14.3 Å². The molecule has 1 fully saturated rings. The summed E-state index contributed by atoms with van der Waals surface area (Å²) in [6, 6.07) is 16.7. The number of sulfonamides is 1. The largest absolute Gasteiger partial charge is 0.349 e. The monoisotopic (exact) mass is 482 g/mol. The molecular weight excluding hydrogens is 460 g/mol. The molecule has 0 aliphatic heterocycles. The zero-order valence-corrected chi connectivity index (χ0v) is 19.4. The average Bonchev–Trinajstić information content (AvgIpc) is 3.59. The summed E-state index contributed by atoms with van der Waals surface area (Å²) in [5.41, 5.74) is 1.47. The van der Waals surface area contributed by atoms with E-state index in [0.717, 1.165) is 22.8 Å². The average molecular weight is 483 g/mol. The van der Waals surface area contributed by atoms with Crippen molar-refractivity contribution >= 4 is 45.0 Å². The zero-order chi connectivity index (χ0) is 23.4. The summed E-state index contributed by atoms with van der Waals surface area (Å²) in [5, 5.41) is 6.25. The van der Waals surface area contributed by atoms with Crippen LogP contribution in [-0.4, -0.2) is 31.3 Å². The highest BCUT2D eigenvalue weighted by atomic mass is 32.2. The van der Waals surface area contributed by atoms with Crippen molar-refractivity contribution in [3.05, 3.63) is 72.4 Å². The summed E-state index contributed by atoms with van der Waals surface area (Å²) in [6.45, 7) is 1.38. The van der Waals surface area contributed by atoms with Gasteiger partial charge in [-0.1, -0.05) is 11.8 Å². The van der Waals surface area contributed by atoms with Crippen LogP contribution in [0.2, 0.25) is 0 Å². The summed E-state index contributed by atoms with van der Waals surface area (Å²) >= 11 is 1.41. The Labute approximate surface area is 196 Å². The van der Waals surface area contributed by atoms with Crippen molar-refractivity contribution in [2.75, 3.05) is 10.0 Å². The van der Waals surface area contributed by atoms with E-state index in [1.54, 1.807) is 42.6 Å². The number of nitrogens with zero attached hydrogens (tertiary/aromatic N) is 1. The molecule has 1 aromatic heterocycles. The Bertz CT molecular complexity index is 1260. The molecule has 1 heterocycles. The van der Waals surface area contributed by atoms with E-state index in [1.807, 2.05) is 0 Å². The number of nitrogens with one attached hydrogen (secondary N) is 3. The molecule has 1 saturated carbocycles. The summed E-state index contributed by atoms with van der Waals surface area (Å²) in [4.78, 5) is 28.4. The maximum Gasteiger partial charge on any atom is 0.261 e. The highest BCUT2D eigenvalue weighted by Crippen LogP contribution is 2.28. The zero-order valence-electron chi connectivity index (χ0n) is 17.7. The molecule has 2 amide bonds. The first-order chi connectivity index (χ1) is 15.8. The predicted octanol–water partition coefficient (Wildman–Crippen LogP) is 3.88. The number of carbonyl (C=O) groups excluding carboxylic acids is 2. The standard InChI is InChI=1S/C23H22N4O4S2/c1-15(28)25-17-7-11-21(12-8-17)33(30,31)27-19-5-9-20(10-6-19)32-22-13-2-16(14-24-22)23(29)26-18-3-4-18/h2,5-14,18,27H,3-4H2,1H3,(H,25,28)(H,26,29). The van der Waals surface area contributed by atoms with Gasteiger partial charge in [0.15, 0.2) is 0 Å². The first-order valence-corrected chi connectivity index (χ1v) is 12.5. The summed E-state index contributed by atoms with van der Waals surface area (Å²) < 4.78 is 27.8. The maximum atomic E-state index is 12.6. The molecule has 170 valence electrons. The van der Waals surface area contributed by atoms with E-state index in [9.17, 15) is 18.0 Å². The molecule has 0 saturated heterocycles. The van der Waals surface area contributed by atoms with Gasteiger partial charge in [-0.2, -0.15) is 0 Å². The van der Waals surface area contributed by atoms with Crippen LogP contribution >= 0.6 is 11.8 Å². The number of aromatic nitrogens is 1. The smallest absolute Gasteiger partial charge is 0.261 e. The topological polar surface area (TPSA) is 117 Å². The SMILES string of the molecule is CC(=O)Nc1ccc(S(=O)(=O)Nc2ccc(Sc3ccc(C(=O)NC4CC4)cn3)cc2)cc1. The van der Waals surface area contributed by atoms with Gasteiger partial charge in [0, 0.05) is 35.4 Å². The Hall–Kier alpha value is -3.37. The molecule has 1 aliphatic rings. The minimum absolute atomic E-state index is 0.0880. The van der Waals surface area contributed by atoms with Crippen molar-refractivity contribution in [2.24, 2.45) is 0 Å². The second-order valence-corrected chi connectivity index (χ2v) is 10.3. The summed E-state index contributed by atoms with van der Waals surface area (Å²) in [5.74, 6) is -0.338. The third-order valence-corrected chi connectivity index (χ3v) is 7.08. The molecule has 0 unspecified atom stereocenters. The van der Waals surface area contributed by atoms with Gasteiger partial charge in [0.2, 0.25) is 5.91 Å². The van der Waals surface area contributed by atoms with Gasteiger partial charge in [0.25, 0.3) is 15.9 Å². The second-order valence-electron chi connectivity index (χ2n) is 7.57. The van der Waals surface area contributed by atoms with E-state index in [1.165, 1.54) is 43.0 Å². The van der Waals surface area contributed by atoms with Crippen LogP contribution in [0.25, 0.3) is 0 Å². The molecule has 0 radical (unpaired) electrons. The molecule has 1 aliphatic carbocycles. The number of rotatable bonds is 8. The van der Waals surface area contributed by atoms with Crippen LogP contribution < -0.4 is 15.4 Å². The van der Waals surface area contributed by atoms with E-state index in [2.05, 4.69) is 20.3 Å². The molecule has 8 nitrogen and oxygen atoms in total. The molecule has 4 rings (SSSR count). The predicted molar refractivity (Wildman–Crippen MR) is 127 cm³/mol. The Morgan fingerprint density at radius 2 is 1.61 bits per heavy atom. The van der Waals surface area contributed by atoms with Crippen molar-refractivity contribution in [3.8, 4) is 0 Å². The Kier molecular flexibility index (Phi) is 6.66. The van der Waals surface area contributed by atoms with Crippen LogP contribution in [0.5, 0.6) is 0 Å². The second kappa shape index (κ2) is 9.63. The molecule has 0 atom stereocenters. The lowest BCUT2D eigenvalue weighted by molar-refractivity contribution is -0.114. The number of benzene rings is 2. The Balaban J connectivity index is 1.36. The van der Waals surface area contributed by atoms with E-state index >= 15 is 0 Å². The molecule has 2 aromatic carbocycles. The van der Waals surface area contributed by atoms with E-state index in [-0.39, 0.29) is 16.7 Å². The van der Waals surface area contributed by atoms with Gasteiger partial charge in [0.05, 0.1) is 10.5 Å². The van der Waals surface area contributed by atoms with Crippen LogP contribution in [0, 0.1) is 0 Å². The van der Waals surface area contributed by atoms with Gasteiger partial charge in [-0.15, -0.1) is 0 Å². The van der Waals surface area contributed by atoms with Gasteiger partial charge in [0.1, 0.15) is 5.03 Å². The molecular formula is C23H22N4O4S2. The Morgan fingerprint density at radius 3 is 2.18 bits per heavy atom. The lowest BCUT2D eigenvalue weighted by atomic mass is 10.3. The van der Waals surface area contributed by atoms with Gasteiger partial charge in [-0.25, -0.2) is 13.4 Å². The minimum atomic E-state index is -3.77. The van der Waals surface area contributed by atoms with Crippen LogP contribution in [0.4, 0.5) is 11.4 Å². The van der Waals surface area contributed by atoms with Crippen LogP contribution in [0.1, 0.15) is 30.1 Å². The van der Waals surface area contributed by atoms with Crippen molar-refractivity contribution in [1.82, 2.24) is 10.3 Å². The number of carbonyl (C=O) groups is 2. The number of pyridine rings is 1. The first kappa shape index (κ1) is 22.8. The summed E-state index contributed by atoms with van der Waals surface area (Å²) in [6.07, 6.45) is 3.62. The third kappa shape index (κ3) is 6.33. The van der Waals surface area contributed by atoms with Gasteiger partial charge >= 0.3 is 0 Å². The lowest BCUT2D eigenvalue weighted by Gasteiger charge is -2.10. The molecule has 10 heteroatoms. The fourth-order valence-electron chi connectivity index (χ4n) is 2.92. The van der Waals surface area contributed by atoms with E-state index < -0.39 is 10.0 Å². The van der Waals surface area contributed by atoms with Crippen LogP contribution in [0.3, 0.4) is 0 Å². The first-order valence-electron chi connectivity index (χ1n) is 10.2. The van der Waals surface area contributed by atoms with Crippen LogP contribution in [-0.2, 0) is 14.8 Å². The maximum absolute atomic E-state index is 12.6. The van der Waals surface area contributed by atoms with Gasteiger partial charge in [-0.05, 0) is 73.5 Å². The third-order valence-electron chi connectivity index (χ3n) is 4.73.